The molecule has 3 N–H and O–H groups in total. The van der Waals surface area contributed by atoms with Crippen LogP contribution in [0.3, 0.4) is 0 Å². The largest absolute Gasteiger partial charge is 0.478 e. The van der Waals surface area contributed by atoms with Gasteiger partial charge in [0.1, 0.15) is 5.69 Å². The predicted molar refractivity (Wildman–Crippen MR) is 79.8 cm³/mol. The Kier molecular flexibility index (Phi) is 4.67. The van der Waals surface area contributed by atoms with Crippen LogP contribution in [0.5, 0.6) is 0 Å². The number of H-pyrrole nitrogens is 1. The summed E-state index contributed by atoms with van der Waals surface area (Å²) in [5.41, 5.74) is 1.56. The van der Waals surface area contributed by atoms with Gasteiger partial charge < -0.3 is 15.4 Å². The normalized spacial score (nSPS) is 18.9. The summed E-state index contributed by atoms with van der Waals surface area (Å²) >= 11 is 0. The highest BCUT2D eigenvalue weighted by molar-refractivity contribution is 5.99. The molecule has 0 aromatic carbocycles. The first-order valence-electron chi connectivity index (χ1n) is 7.40. The number of carbonyl (C=O) groups excluding carboxylic acids is 1. The minimum Gasteiger partial charge on any atom is -0.478 e. The minimum atomic E-state index is -1.01. The van der Waals surface area contributed by atoms with Gasteiger partial charge >= 0.3 is 5.97 Å². The van der Waals surface area contributed by atoms with Crippen LogP contribution in [-0.4, -0.2) is 52.5 Å². The molecule has 116 valence electrons. The van der Waals surface area contributed by atoms with Crippen molar-refractivity contribution < 1.29 is 14.7 Å². The highest BCUT2D eigenvalue weighted by Gasteiger charge is 2.25. The average molecular weight is 293 g/mol. The number of nitrogens with one attached hydrogen (secondary N) is 2. The predicted octanol–water partition coefficient (Wildman–Crippen LogP) is 1.54. The van der Waals surface area contributed by atoms with Crippen molar-refractivity contribution in [2.75, 3.05) is 19.6 Å². The summed E-state index contributed by atoms with van der Waals surface area (Å²) in [7, 11) is 0. The van der Waals surface area contributed by atoms with Crippen molar-refractivity contribution in [2.45, 2.75) is 39.7 Å². The van der Waals surface area contributed by atoms with Gasteiger partial charge in [-0.25, -0.2) is 4.79 Å². The lowest BCUT2D eigenvalue weighted by Crippen LogP contribution is -2.40. The maximum absolute atomic E-state index is 12.3. The quantitative estimate of drug-likeness (QED) is 0.769. The smallest absolute Gasteiger partial charge is 0.337 e. The molecule has 2 rings (SSSR count). The number of aromatic amines is 1. The molecule has 1 atom stereocenters. The molecule has 1 aliphatic heterocycles. The van der Waals surface area contributed by atoms with E-state index in [0.717, 1.165) is 25.9 Å². The van der Waals surface area contributed by atoms with Gasteiger partial charge in [-0.1, -0.05) is 6.92 Å². The first-order valence-corrected chi connectivity index (χ1v) is 7.40. The van der Waals surface area contributed by atoms with Crippen molar-refractivity contribution in [1.82, 2.24) is 15.2 Å². The molecule has 0 aliphatic carbocycles. The van der Waals surface area contributed by atoms with E-state index < -0.39 is 5.97 Å². The van der Waals surface area contributed by atoms with Crippen LogP contribution in [-0.2, 0) is 0 Å². The molecule has 1 amide bonds. The lowest BCUT2D eigenvalue weighted by atomic mass is 10.1. The number of hydrogen-bond acceptors (Lipinski definition) is 3. The Labute approximate surface area is 124 Å². The summed E-state index contributed by atoms with van der Waals surface area (Å²) in [5, 5.41) is 12.1. The fourth-order valence-corrected chi connectivity index (χ4v) is 3.14. The molecule has 1 aromatic heterocycles. The summed E-state index contributed by atoms with van der Waals surface area (Å²) in [6, 6.07) is 0.384. The van der Waals surface area contributed by atoms with Crippen molar-refractivity contribution in [1.29, 1.82) is 0 Å². The zero-order valence-electron chi connectivity index (χ0n) is 12.8. The first-order chi connectivity index (χ1) is 9.95. The van der Waals surface area contributed by atoms with Gasteiger partial charge in [0, 0.05) is 18.3 Å². The number of likely N-dealkylation sites (N-methyl/N-ethyl adjacent to an activating group) is 1. The number of aromatic nitrogens is 1. The van der Waals surface area contributed by atoms with E-state index in [-0.39, 0.29) is 11.5 Å². The van der Waals surface area contributed by atoms with E-state index in [9.17, 15) is 9.59 Å². The molecule has 21 heavy (non-hydrogen) atoms. The number of hydrogen-bond donors (Lipinski definition) is 3. The van der Waals surface area contributed by atoms with Crippen LogP contribution in [0.4, 0.5) is 0 Å². The fourth-order valence-electron chi connectivity index (χ4n) is 3.14. The van der Waals surface area contributed by atoms with Crippen LogP contribution >= 0.6 is 0 Å². The Morgan fingerprint density at radius 3 is 2.71 bits per heavy atom. The van der Waals surface area contributed by atoms with Crippen LogP contribution in [0.15, 0.2) is 0 Å². The topological polar surface area (TPSA) is 85.4 Å². The van der Waals surface area contributed by atoms with Gasteiger partial charge in [-0.15, -0.1) is 0 Å². The van der Waals surface area contributed by atoms with Gasteiger partial charge in [0.25, 0.3) is 5.91 Å². The van der Waals surface area contributed by atoms with Gasteiger partial charge in [0.15, 0.2) is 0 Å². The SMILES string of the molecule is CCN1CCCC1CNC(=O)c1[nH]c(C)c(C(=O)O)c1C. The number of amides is 1. The highest BCUT2D eigenvalue weighted by Crippen LogP contribution is 2.19. The summed E-state index contributed by atoms with van der Waals surface area (Å²) in [6.07, 6.45) is 2.26. The van der Waals surface area contributed by atoms with Crippen molar-refractivity contribution in [3.8, 4) is 0 Å². The molecular weight excluding hydrogens is 270 g/mol. The summed E-state index contributed by atoms with van der Waals surface area (Å²) < 4.78 is 0. The van der Waals surface area contributed by atoms with Crippen molar-refractivity contribution >= 4 is 11.9 Å². The number of nitrogens with zero attached hydrogens (tertiary/aromatic N) is 1. The molecule has 0 bridgehead atoms. The molecule has 2 heterocycles. The van der Waals surface area contributed by atoms with Crippen LogP contribution in [0.25, 0.3) is 0 Å². The van der Waals surface area contributed by atoms with E-state index in [1.165, 1.54) is 0 Å². The molecule has 1 aromatic rings. The fraction of sp³-hybridized carbons (Fsp3) is 0.600. The third kappa shape index (κ3) is 3.10. The van der Waals surface area contributed by atoms with E-state index >= 15 is 0 Å². The molecule has 6 heteroatoms. The molecule has 1 fully saturated rings. The van der Waals surface area contributed by atoms with E-state index in [2.05, 4.69) is 22.1 Å². The van der Waals surface area contributed by atoms with E-state index in [4.69, 9.17) is 5.11 Å². The number of rotatable bonds is 5. The minimum absolute atomic E-state index is 0.191. The Hall–Kier alpha value is -1.82. The second-order valence-electron chi connectivity index (χ2n) is 5.56. The Balaban J connectivity index is 2.04. The average Bonchev–Trinajstić information content (AvgIpc) is 2.99. The van der Waals surface area contributed by atoms with E-state index in [0.29, 0.717) is 29.5 Å². The van der Waals surface area contributed by atoms with Gasteiger partial charge in [0.2, 0.25) is 0 Å². The molecule has 1 aliphatic rings. The number of likely N-dealkylation sites (tertiary alicyclic amines) is 1. The van der Waals surface area contributed by atoms with Gasteiger partial charge in [-0.2, -0.15) is 0 Å². The van der Waals surface area contributed by atoms with Crippen LogP contribution in [0.1, 0.15) is 51.9 Å². The molecule has 6 nitrogen and oxygen atoms in total. The van der Waals surface area contributed by atoms with Crippen LogP contribution in [0.2, 0.25) is 0 Å². The molecule has 0 saturated carbocycles. The summed E-state index contributed by atoms with van der Waals surface area (Å²) in [5.74, 6) is -1.24. The first kappa shape index (κ1) is 15.6. The maximum Gasteiger partial charge on any atom is 0.337 e. The molecule has 0 spiro atoms. The zero-order chi connectivity index (χ0) is 15.6. The van der Waals surface area contributed by atoms with E-state index in [1.807, 2.05) is 0 Å². The van der Waals surface area contributed by atoms with Crippen molar-refractivity contribution in [2.24, 2.45) is 0 Å². The van der Waals surface area contributed by atoms with Crippen molar-refractivity contribution in [3.63, 3.8) is 0 Å². The third-order valence-electron chi connectivity index (χ3n) is 4.28. The molecule has 1 unspecified atom stereocenters. The van der Waals surface area contributed by atoms with Crippen LogP contribution in [0, 0.1) is 13.8 Å². The van der Waals surface area contributed by atoms with Gasteiger partial charge in [0.05, 0.1) is 5.56 Å². The second-order valence-corrected chi connectivity index (χ2v) is 5.56. The number of carboxylic acid groups (broad SMARTS) is 1. The van der Waals surface area contributed by atoms with Crippen molar-refractivity contribution in [3.05, 3.63) is 22.5 Å². The lowest BCUT2D eigenvalue weighted by molar-refractivity contribution is 0.0695. The summed E-state index contributed by atoms with van der Waals surface area (Å²) in [6.45, 7) is 8.13. The standard InChI is InChI=1S/C15H23N3O3/c1-4-18-7-5-6-11(18)8-16-14(19)13-9(2)12(15(20)21)10(3)17-13/h11,17H,4-8H2,1-3H3,(H,16,19)(H,20,21). The second kappa shape index (κ2) is 6.30. The third-order valence-corrected chi connectivity index (χ3v) is 4.28. The Bertz CT molecular complexity index is 551. The van der Waals surface area contributed by atoms with Gasteiger partial charge in [-0.05, 0) is 45.3 Å². The number of aromatic carboxylic acids is 1. The Morgan fingerprint density at radius 2 is 2.14 bits per heavy atom. The molecule has 0 radical (unpaired) electrons. The lowest BCUT2D eigenvalue weighted by Gasteiger charge is -2.22. The highest BCUT2D eigenvalue weighted by atomic mass is 16.4. The molecular formula is C15H23N3O3. The zero-order valence-corrected chi connectivity index (χ0v) is 12.8. The summed E-state index contributed by atoms with van der Waals surface area (Å²) in [4.78, 5) is 28.7. The van der Waals surface area contributed by atoms with E-state index in [1.54, 1.807) is 13.8 Å². The number of carboxylic acids is 1. The monoisotopic (exact) mass is 293 g/mol. The maximum atomic E-state index is 12.3. The molecule has 1 saturated heterocycles. The van der Waals surface area contributed by atoms with Gasteiger partial charge in [-0.3, -0.25) is 9.69 Å². The van der Waals surface area contributed by atoms with Crippen LogP contribution < -0.4 is 5.32 Å². The number of carbonyl (C=O) groups is 2. The Morgan fingerprint density at radius 1 is 1.43 bits per heavy atom. The number of aryl methyl sites for hydroxylation is 1.